The lowest BCUT2D eigenvalue weighted by Gasteiger charge is -2.19. The third kappa shape index (κ3) is 4.71. The molecule has 0 saturated carbocycles. The molecule has 2 atom stereocenters. The molecule has 8 heteroatoms. The number of aliphatic imine (C=N–C) groups is 1. The van der Waals surface area contributed by atoms with Gasteiger partial charge in [-0.2, -0.15) is 0 Å². The maximum atomic E-state index is 13.2. The van der Waals surface area contributed by atoms with Gasteiger partial charge in [-0.05, 0) is 48.7 Å². The molecule has 0 unspecified atom stereocenters. The van der Waals surface area contributed by atoms with E-state index in [1.54, 1.807) is 6.07 Å². The Kier molecular flexibility index (Phi) is 6.12. The van der Waals surface area contributed by atoms with E-state index in [2.05, 4.69) is 4.99 Å². The average molecular weight is 403 g/mol. The number of aliphatic hydroxyl groups excluding tert-OH is 1. The lowest BCUT2D eigenvalue weighted by atomic mass is 9.99. The van der Waals surface area contributed by atoms with E-state index in [0.717, 1.165) is 17.7 Å². The number of hydrogen-bond donors (Lipinski definition) is 2. The Morgan fingerprint density at radius 2 is 2.03 bits per heavy atom. The Morgan fingerprint density at radius 1 is 1.28 bits per heavy atom. The number of carbonyl (C=O) groups is 1. The normalized spacial score (nSPS) is 18.4. The molecule has 0 aromatic heterocycles. The third-order valence-corrected chi connectivity index (χ3v) is 5.01. The number of ether oxygens (including phenoxy) is 1. The first kappa shape index (κ1) is 20.7. The van der Waals surface area contributed by atoms with Gasteiger partial charge in [0.1, 0.15) is 18.2 Å². The first-order valence-corrected chi connectivity index (χ1v) is 9.20. The van der Waals surface area contributed by atoms with Crippen LogP contribution < -0.4 is 10.5 Å². The van der Waals surface area contributed by atoms with Gasteiger partial charge in [0.2, 0.25) is 5.91 Å². The number of nitrogens with two attached hydrogens (primary N) is 1. The molecule has 154 valence electrons. The van der Waals surface area contributed by atoms with Crippen molar-refractivity contribution in [2.24, 2.45) is 10.7 Å². The van der Waals surface area contributed by atoms with E-state index in [4.69, 9.17) is 10.5 Å². The smallest absolute Gasteiger partial charge is 0.227 e. The second kappa shape index (κ2) is 8.57. The van der Waals surface area contributed by atoms with E-state index in [0.29, 0.717) is 30.1 Å². The van der Waals surface area contributed by atoms with E-state index in [-0.39, 0.29) is 12.4 Å². The van der Waals surface area contributed by atoms with E-state index < -0.39 is 29.6 Å². The number of primary amides is 1. The van der Waals surface area contributed by atoms with Gasteiger partial charge in [-0.3, -0.25) is 4.79 Å². The predicted octanol–water partition coefficient (Wildman–Crippen LogP) is 2.51. The molecule has 2 aromatic carbocycles. The van der Waals surface area contributed by atoms with Crippen molar-refractivity contribution in [1.82, 2.24) is 4.90 Å². The maximum absolute atomic E-state index is 13.2. The highest BCUT2D eigenvalue weighted by atomic mass is 19.2. The molecular weight excluding hydrogens is 380 g/mol. The number of halogens is 2. The van der Waals surface area contributed by atoms with Crippen LogP contribution in [0.5, 0.6) is 5.75 Å². The fourth-order valence-electron chi connectivity index (χ4n) is 3.32. The summed E-state index contributed by atoms with van der Waals surface area (Å²) < 4.78 is 31.6. The minimum absolute atomic E-state index is 0.251. The van der Waals surface area contributed by atoms with Crippen LogP contribution in [0.3, 0.4) is 0 Å². The summed E-state index contributed by atoms with van der Waals surface area (Å²) >= 11 is 0. The highest BCUT2D eigenvalue weighted by molar-refractivity contribution is 5.85. The Labute approximate surface area is 167 Å². The van der Waals surface area contributed by atoms with Crippen molar-refractivity contribution in [2.75, 3.05) is 20.2 Å². The first-order valence-electron chi connectivity index (χ1n) is 9.20. The minimum atomic E-state index is -0.954. The highest BCUT2D eigenvalue weighted by Gasteiger charge is 2.35. The topological polar surface area (TPSA) is 88.1 Å². The van der Waals surface area contributed by atoms with E-state index >= 15 is 0 Å². The molecule has 6 nitrogen and oxygen atoms in total. The number of rotatable bonds is 6. The molecule has 29 heavy (non-hydrogen) atoms. The molecule has 3 rings (SSSR count). The van der Waals surface area contributed by atoms with Crippen LogP contribution in [-0.2, 0) is 11.2 Å². The van der Waals surface area contributed by atoms with Gasteiger partial charge < -0.3 is 20.5 Å². The molecule has 0 fully saturated rings. The lowest BCUT2D eigenvalue weighted by Crippen LogP contribution is -2.29. The van der Waals surface area contributed by atoms with Crippen LogP contribution in [0.25, 0.3) is 0 Å². The number of benzene rings is 2. The second-order valence-electron chi connectivity index (χ2n) is 7.04. The van der Waals surface area contributed by atoms with Gasteiger partial charge in [0.25, 0.3) is 0 Å². The van der Waals surface area contributed by atoms with Crippen molar-refractivity contribution >= 4 is 17.4 Å². The summed E-state index contributed by atoms with van der Waals surface area (Å²) in [6.45, 7) is 2.56. The van der Waals surface area contributed by atoms with Crippen LogP contribution in [0.1, 0.15) is 24.0 Å². The summed E-state index contributed by atoms with van der Waals surface area (Å²) in [7, 11) is 1.83. The zero-order valence-electron chi connectivity index (χ0n) is 16.2. The summed E-state index contributed by atoms with van der Waals surface area (Å²) in [5.41, 5.74) is 7.68. The Morgan fingerprint density at radius 3 is 2.72 bits per heavy atom. The van der Waals surface area contributed by atoms with Gasteiger partial charge in [0, 0.05) is 13.1 Å². The van der Waals surface area contributed by atoms with Gasteiger partial charge in [-0.25, -0.2) is 13.8 Å². The highest BCUT2D eigenvalue weighted by Crippen LogP contribution is 2.35. The molecule has 0 radical (unpaired) electrons. The van der Waals surface area contributed by atoms with Crippen LogP contribution in [0.2, 0.25) is 0 Å². The maximum Gasteiger partial charge on any atom is 0.227 e. The molecule has 1 aliphatic rings. The minimum Gasteiger partial charge on any atom is -0.492 e. The van der Waals surface area contributed by atoms with Crippen molar-refractivity contribution < 1.29 is 23.4 Å². The predicted molar refractivity (Wildman–Crippen MR) is 105 cm³/mol. The van der Waals surface area contributed by atoms with Crippen molar-refractivity contribution in [3.8, 4) is 5.75 Å². The quantitative estimate of drug-likeness (QED) is 0.573. The number of amides is 1. The Balaban J connectivity index is 1.63. The molecule has 1 amide bonds. The first-order chi connectivity index (χ1) is 13.8. The lowest BCUT2D eigenvalue weighted by molar-refractivity contribution is -0.121. The van der Waals surface area contributed by atoms with Gasteiger partial charge in [-0.1, -0.05) is 6.07 Å². The van der Waals surface area contributed by atoms with Crippen molar-refractivity contribution in [3.05, 3.63) is 59.2 Å². The molecule has 1 aliphatic carbocycles. The summed E-state index contributed by atoms with van der Waals surface area (Å²) in [5.74, 6) is -2.19. The number of hydrogen-bond acceptors (Lipinski definition) is 4. The van der Waals surface area contributed by atoms with Crippen molar-refractivity contribution in [1.29, 1.82) is 0 Å². The van der Waals surface area contributed by atoms with Crippen molar-refractivity contribution in [2.45, 2.75) is 25.4 Å². The zero-order valence-corrected chi connectivity index (χ0v) is 16.2. The average Bonchev–Trinajstić information content (AvgIpc) is 2.99. The van der Waals surface area contributed by atoms with Crippen LogP contribution in [0.15, 0.2) is 41.4 Å². The number of amidine groups is 1. The SMILES string of the molecule is CC(=Nc1ccc2c(c1)[C@@H](C(N)=O)[C@H](O)C2)N(C)CCOc1ccc(F)c(F)c1. The molecule has 0 bridgehead atoms. The Hall–Kier alpha value is -3.00. The van der Waals surface area contributed by atoms with E-state index in [9.17, 15) is 18.7 Å². The number of carbonyl (C=O) groups excluding carboxylic acids is 1. The van der Waals surface area contributed by atoms with E-state index in [1.807, 2.05) is 31.0 Å². The summed E-state index contributed by atoms with van der Waals surface area (Å²) in [6, 6.07) is 8.84. The van der Waals surface area contributed by atoms with E-state index in [1.165, 1.54) is 6.07 Å². The molecule has 0 spiro atoms. The number of aliphatic hydroxyl groups is 1. The standard InChI is InChI=1S/C21H23F2N3O3/c1-12(26(2)7-8-29-15-5-6-17(22)18(23)11-15)25-14-4-3-13-9-19(27)20(21(24)28)16(13)10-14/h3-6,10-11,19-20,27H,7-9H2,1-2H3,(H2,24,28)/t19-,20-/m1/s1. The second-order valence-corrected chi connectivity index (χ2v) is 7.04. The van der Waals surface area contributed by atoms with Gasteiger partial charge in [-0.15, -0.1) is 0 Å². The largest absolute Gasteiger partial charge is 0.492 e. The molecule has 3 N–H and O–H groups in total. The molecule has 0 heterocycles. The molecule has 0 saturated heterocycles. The summed E-state index contributed by atoms with van der Waals surface area (Å²) in [6.07, 6.45) is -0.411. The number of nitrogens with zero attached hydrogens (tertiary/aromatic N) is 2. The summed E-state index contributed by atoms with van der Waals surface area (Å²) in [4.78, 5) is 18.1. The van der Waals surface area contributed by atoms with Crippen molar-refractivity contribution in [3.63, 3.8) is 0 Å². The molecular formula is C21H23F2N3O3. The fraction of sp³-hybridized carbons (Fsp3) is 0.333. The zero-order chi connectivity index (χ0) is 21.1. The third-order valence-electron chi connectivity index (χ3n) is 5.01. The van der Waals surface area contributed by atoms with Gasteiger partial charge in [0.05, 0.1) is 24.3 Å². The number of fused-ring (bicyclic) bond motifs is 1. The van der Waals surface area contributed by atoms with Crippen LogP contribution in [0.4, 0.5) is 14.5 Å². The Bertz CT molecular complexity index is 949. The molecule has 0 aliphatic heterocycles. The summed E-state index contributed by atoms with van der Waals surface area (Å²) in [5, 5.41) is 10.1. The van der Waals surface area contributed by atoms with Gasteiger partial charge >= 0.3 is 0 Å². The number of likely N-dealkylation sites (N-methyl/N-ethyl adjacent to an activating group) is 1. The van der Waals surface area contributed by atoms with Crippen LogP contribution >= 0.6 is 0 Å². The fourth-order valence-corrected chi connectivity index (χ4v) is 3.32. The monoisotopic (exact) mass is 403 g/mol. The van der Waals surface area contributed by atoms with Crippen LogP contribution in [0, 0.1) is 11.6 Å². The molecule has 2 aromatic rings. The van der Waals surface area contributed by atoms with Crippen LogP contribution in [-0.4, -0.2) is 48.1 Å². The van der Waals surface area contributed by atoms with Gasteiger partial charge in [0.15, 0.2) is 11.6 Å².